The van der Waals surface area contributed by atoms with Crippen LogP contribution >= 0.6 is 0 Å². The van der Waals surface area contributed by atoms with Gasteiger partial charge in [0.15, 0.2) is 0 Å². The minimum absolute atomic E-state index is 0.106. The van der Waals surface area contributed by atoms with Gasteiger partial charge in [0.05, 0.1) is 5.92 Å². The molecule has 1 amide bonds. The van der Waals surface area contributed by atoms with Gasteiger partial charge in [0, 0.05) is 13.1 Å². The summed E-state index contributed by atoms with van der Waals surface area (Å²) in [6, 6.07) is 0. The third-order valence-electron chi connectivity index (χ3n) is 3.83. The highest BCUT2D eigenvalue weighted by Gasteiger charge is 2.47. The van der Waals surface area contributed by atoms with Gasteiger partial charge in [0.25, 0.3) is 0 Å². The van der Waals surface area contributed by atoms with Crippen LogP contribution in [0.25, 0.3) is 0 Å². The molecule has 0 aromatic rings. The third kappa shape index (κ3) is 2.60. The van der Waals surface area contributed by atoms with Crippen LogP contribution in [-0.4, -0.2) is 40.8 Å². The predicted octanol–water partition coefficient (Wildman–Crippen LogP) is 1.96. The highest BCUT2D eigenvalue weighted by molar-refractivity contribution is 5.72. The SMILES string of the molecule is CC(C)(C)OC(=O)N1C[C@H]2CC[C@H](C(=O)O)[C@@H]2C1. The lowest BCUT2D eigenvalue weighted by Crippen LogP contribution is -2.36. The van der Waals surface area contributed by atoms with Crippen molar-refractivity contribution in [2.24, 2.45) is 17.8 Å². The van der Waals surface area contributed by atoms with Crippen molar-refractivity contribution in [1.29, 1.82) is 0 Å². The summed E-state index contributed by atoms with van der Waals surface area (Å²) in [4.78, 5) is 24.7. The average molecular weight is 255 g/mol. The number of carbonyl (C=O) groups excluding carboxylic acids is 1. The van der Waals surface area contributed by atoms with E-state index in [1.807, 2.05) is 20.8 Å². The van der Waals surface area contributed by atoms with E-state index >= 15 is 0 Å². The number of carbonyl (C=O) groups is 2. The number of fused-ring (bicyclic) bond motifs is 1. The number of hydrogen-bond acceptors (Lipinski definition) is 3. The van der Waals surface area contributed by atoms with Crippen molar-refractivity contribution in [1.82, 2.24) is 4.90 Å². The van der Waals surface area contributed by atoms with Crippen LogP contribution in [0.3, 0.4) is 0 Å². The molecule has 3 atom stereocenters. The lowest BCUT2D eigenvalue weighted by Gasteiger charge is -2.25. The standard InChI is InChI=1S/C13H21NO4/c1-13(2,3)18-12(17)14-6-8-4-5-9(11(15)16)10(8)7-14/h8-10H,4-7H2,1-3H3,(H,15,16)/t8-,9+,10-/m1/s1. The van der Waals surface area contributed by atoms with E-state index in [2.05, 4.69) is 0 Å². The molecular weight excluding hydrogens is 234 g/mol. The fourth-order valence-corrected chi connectivity index (χ4v) is 3.05. The Kier molecular flexibility index (Phi) is 3.25. The van der Waals surface area contributed by atoms with Crippen LogP contribution in [0.15, 0.2) is 0 Å². The Hall–Kier alpha value is -1.26. The molecule has 18 heavy (non-hydrogen) atoms. The van der Waals surface area contributed by atoms with Crippen LogP contribution in [0.4, 0.5) is 4.79 Å². The monoisotopic (exact) mass is 255 g/mol. The summed E-state index contributed by atoms with van der Waals surface area (Å²) in [5, 5.41) is 9.14. The van der Waals surface area contributed by atoms with E-state index in [0.717, 1.165) is 12.8 Å². The van der Waals surface area contributed by atoms with E-state index in [1.54, 1.807) is 4.90 Å². The summed E-state index contributed by atoms with van der Waals surface area (Å²) in [5.74, 6) is -0.579. The number of carboxylic acids is 1. The second-order valence-corrected chi connectivity index (χ2v) is 6.33. The first-order chi connectivity index (χ1) is 8.28. The maximum Gasteiger partial charge on any atom is 0.410 e. The van der Waals surface area contributed by atoms with E-state index in [1.165, 1.54) is 0 Å². The number of nitrogens with zero attached hydrogens (tertiary/aromatic N) is 1. The third-order valence-corrected chi connectivity index (χ3v) is 3.83. The Morgan fingerprint density at radius 3 is 2.44 bits per heavy atom. The number of aliphatic carboxylic acids is 1. The van der Waals surface area contributed by atoms with Gasteiger partial charge in [-0.3, -0.25) is 4.79 Å². The zero-order valence-corrected chi connectivity index (χ0v) is 11.2. The van der Waals surface area contributed by atoms with Crippen molar-refractivity contribution in [3.63, 3.8) is 0 Å². The van der Waals surface area contributed by atoms with E-state index < -0.39 is 11.6 Å². The normalized spacial score (nSPS) is 31.3. The zero-order valence-electron chi connectivity index (χ0n) is 11.2. The van der Waals surface area contributed by atoms with E-state index in [-0.39, 0.29) is 17.9 Å². The molecule has 1 saturated heterocycles. The molecular formula is C13H21NO4. The second-order valence-electron chi connectivity index (χ2n) is 6.33. The van der Waals surface area contributed by atoms with E-state index in [0.29, 0.717) is 19.0 Å². The lowest BCUT2D eigenvalue weighted by molar-refractivity contribution is -0.143. The van der Waals surface area contributed by atoms with E-state index in [9.17, 15) is 9.59 Å². The Morgan fingerprint density at radius 2 is 1.89 bits per heavy atom. The molecule has 0 aromatic carbocycles. The van der Waals surface area contributed by atoms with Gasteiger partial charge in [0.2, 0.25) is 0 Å². The van der Waals surface area contributed by atoms with Gasteiger partial charge in [-0.1, -0.05) is 0 Å². The Morgan fingerprint density at radius 1 is 1.22 bits per heavy atom. The molecule has 0 bridgehead atoms. The van der Waals surface area contributed by atoms with Crippen LogP contribution in [0.5, 0.6) is 0 Å². The fraction of sp³-hybridized carbons (Fsp3) is 0.846. The molecule has 5 nitrogen and oxygen atoms in total. The average Bonchev–Trinajstić information content (AvgIpc) is 2.70. The molecule has 1 heterocycles. The summed E-state index contributed by atoms with van der Waals surface area (Å²) < 4.78 is 5.32. The maximum absolute atomic E-state index is 11.9. The first kappa shape index (κ1) is 13.2. The number of amides is 1. The van der Waals surface area contributed by atoms with E-state index in [4.69, 9.17) is 9.84 Å². The predicted molar refractivity (Wildman–Crippen MR) is 65.1 cm³/mol. The number of ether oxygens (including phenoxy) is 1. The highest BCUT2D eigenvalue weighted by Crippen LogP contribution is 2.42. The fourth-order valence-electron chi connectivity index (χ4n) is 3.05. The van der Waals surface area contributed by atoms with Crippen LogP contribution in [0.2, 0.25) is 0 Å². The first-order valence-corrected chi connectivity index (χ1v) is 6.48. The van der Waals surface area contributed by atoms with Crippen LogP contribution in [0.1, 0.15) is 33.6 Å². The molecule has 1 aliphatic heterocycles. The lowest BCUT2D eigenvalue weighted by atomic mass is 9.93. The van der Waals surface area contributed by atoms with Gasteiger partial charge < -0.3 is 14.7 Å². The Bertz CT molecular complexity index is 360. The summed E-state index contributed by atoms with van der Waals surface area (Å²) >= 11 is 0. The molecule has 0 aromatic heterocycles. The van der Waals surface area contributed by atoms with Crippen molar-refractivity contribution < 1.29 is 19.4 Å². The van der Waals surface area contributed by atoms with Crippen molar-refractivity contribution in [2.45, 2.75) is 39.2 Å². The minimum Gasteiger partial charge on any atom is -0.481 e. The van der Waals surface area contributed by atoms with Gasteiger partial charge >= 0.3 is 12.1 Å². The quantitative estimate of drug-likeness (QED) is 0.777. The minimum atomic E-state index is -0.728. The van der Waals surface area contributed by atoms with Gasteiger partial charge in [-0.15, -0.1) is 0 Å². The Labute approximate surface area is 107 Å². The number of likely N-dealkylation sites (tertiary alicyclic amines) is 1. The van der Waals surface area contributed by atoms with Crippen LogP contribution in [0, 0.1) is 17.8 Å². The summed E-state index contributed by atoms with van der Waals surface area (Å²) in [5.41, 5.74) is -0.499. The van der Waals surface area contributed by atoms with Crippen LogP contribution in [-0.2, 0) is 9.53 Å². The smallest absolute Gasteiger partial charge is 0.410 e. The molecule has 102 valence electrons. The van der Waals surface area contributed by atoms with Crippen molar-refractivity contribution in [3.8, 4) is 0 Å². The van der Waals surface area contributed by atoms with Crippen LogP contribution < -0.4 is 0 Å². The molecule has 2 aliphatic rings. The van der Waals surface area contributed by atoms with Crippen molar-refractivity contribution in [3.05, 3.63) is 0 Å². The first-order valence-electron chi connectivity index (χ1n) is 6.48. The Balaban J connectivity index is 1.97. The zero-order chi connectivity index (χ0) is 13.5. The molecule has 5 heteroatoms. The molecule has 0 unspecified atom stereocenters. The summed E-state index contributed by atoms with van der Waals surface area (Å²) in [6.07, 6.45) is 1.33. The number of rotatable bonds is 1. The largest absolute Gasteiger partial charge is 0.481 e. The highest BCUT2D eigenvalue weighted by atomic mass is 16.6. The van der Waals surface area contributed by atoms with Gasteiger partial charge in [-0.2, -0.15) is 0 Å². The molecule has 2 rings (SSSR count). The molecule has 0 radical (unpaired) electrons. The molecule has 1 aliphatic carbocycles. The topological polar surface area (TPSA) is 66.8 Å². The molecule has 2 fully saturated rings. The van der Waals surface area contributed by atoms with Gasteiger partial charge in [-0.25, -0.2) is 4.79 Å². The molecule has 1 N–H and O–H groups in total. The van der Waals surface area contributed by atoms with Crippen molar-refractivity contribution >= 4 is 12.1 Å². The maximum atomic E-state index is 11.9. The summed E-state index contributed by atoms with van der Waals surface area (Å²) in [6.45, 7) is 6.67. The second kappa shape index (κ2) is 4.44. The van der Waals surface area contributed by atoms with Gasteiger partial charge in [0.1, 0.15) is 5.60 Å². The molecule has 1 saturated carbocycles. The molecule has 0 spiro atoms. The number of carboxylic acid groups (broad SMARTS) is 1. The van der Waals surface area contributed by atoms with Gasteiger partial charge in [-0.05, 0) is 45.4 Å². The number of hydrogen-bond donors (Lipinski definition) is 1. The van der Waals surface area contributed by atoms with Crippen molar-refractivity contribution in [2.75, 3.05) is 13.1 Å². The summed E-state index contributed by atoms with van der Waals surface area (Å²) in [7, 11) is 0.